The van der Waals surface area contributed by atoms with Crippen LogP contribution >= 0.6 is 47.8 Å². The predicted molar refractivity (Wildman–Crippen MR) is 86.7 cm³/mol. The fourth-order valence-corrected chi connectivity index (χ4v) is 3.69. The third-order valence-electron chi connectivity index (χ3n) is 3.33. The van der Waals surface area contributed by atoms with E-state index in [2.05, 4.69) is 93.7 Å². The molecule has 1 aromatic rings. The van der Waals surface area contributed by atoms with Crippen molar-refractivity contribution < 1.29 is 0 Å². The minimum absolute atomic E-state index is 0.352. The summed E-state index contributed by atoms with van der Waals surface area (Å²) in [4.78, 5) is 0.392. The number of rotatable bonds is 3. The summed E-state index contributed by atoms with van der Waals surface area (Å²) in [5.74, 6) is 0.665. The van der Waals surface area contributed by atoms with Gasteiger partial charge in [0, 0.05) is 13.8 Å². The topological polar surface area (TPSA) is 0 Å². The van der Waals surface area contributed by atoms with Crippen LogP contribution in [-0.4, -0.2) is 0 Å². The van der Waals surface area contributed by atoms with Crippen molar-refractivity contribution >= 4 is 47.8 Å². The molecule has 0 heterocycles. The Morgan fingerprint density at radius 3 is 2.29 bits per heavy atom. The third kappa shape index (κ3) is 4.68. The number of alkyl halides is 1. The Bertz CT molecular complexity index is 380. The zero-order chi connectivity index (χ0) is 13.2. The van der Waals surface area contributed by atoms with Gasteiger partial charge in [-0.15, -0.1) is 0 Å². The predicted octanol–water partition coefficient (Wildman–Crippen LogP) is 6.72. The molecule has 0 fully saturated rings. The van der Waals surface area contributed by atoms with E-state index in [1.807, 2.05) is 0 Å². The lowest BCUT2D eigenvalue weighted by Crippen LogP contribution is -2.18. The van der Waals surface area contributed by atoms with Gasteiger partial charge in [-0.05, 0) is 41.5 Å². The molecule has 0 aromatic heterocycles. The summed E-state index contributed by atoms with van der Waals surface area (Å²) in [6, 6.07) is 6.33. The van der Waals surface area contributed by atoms with E-state index in [4.69, 9.17) is 0 Å². The Morgan fingerprint density at radius 2 is 1.76 bits per heavy atom. The van der Waals surface area contributed by atoms with Gasteiger partial charge in [-0.2, -0.15) is 0 Å². The SMILES string of the molecule is CC(CC(Br)c1cc(Br)ccc1Br)C(C)(C)C. The van der Waals surface area contributed by atoms with Crippen LogP contribution in [-0.2, 0) is 0 Å². The van der Waals surface area contributed by atoms with Gasteiger partial charge in [0.25, 0.3) is 0 Å². The van der Waals surface area contributed by atoms with Crippen molar-refractivity contribution in [3.8, 4) is 0 Å². The molecule has 0 saturated carbocycles. The van der Waals surface area contributed by atoms with Crippen LogP contribution in [0.4, 0.5) is 0 Å². The molecule has 0 aliphatic heterocycles. The maximum Gasteiger partial charge on any atom is 0.0409 e. The average Bonchev–Trinajstić information content (AvgIpc) is 2.20. The molecule has 0 nitrogen and oxygen atoms in total. The van der Waals surface area contributed by atoms with E-state index >= 15 is 0 Å². The Balaban J connectivity index is 2.83. The highest BCUT2D eigenvalue weighted by atomic mass is 79.9. The van der Waals surface area contributed by atoms with Crippen LogP contribution in [0.3, 0.4) is 0 Å². The van der Waals surface area contributed by atoms with Crippen molar-refractivity contribution in [1.29, 1.82) is 0 Å². The zero-order valence-corrected chi connectivity index (χ0v) is 15.5. The van der Waals surface area contributed by atoms with Gasteiger partial charge < -0.3 is 0 Å². The lowest BCUT2D eigenvalue weighted by molar-refractivity contribution is 0.246. The fraction of sp³-hybridized carbons (Fsp3) is 0.571. The van der Waals surface area contributed by atoms with Crippen LogP contribution in [0.5, 0.6) is 0 Å². The van der Waals surface area contributed by atoms with Crippen molar-refractivity contribution in [3.05, 3.63) is 32.7 Å². The molecule has 0 aliphatic carbocycles. The Kier molecular flexibility index (Phi) is 5.74. The van der Waals surface area contributed by atoms with Crippen LogP contribution in [0.1, 0.15) is 44.5 Å². The summed E-state index contributed by atoms with van der Waals surface area (Å²) in [5.41, 5.74) is 1.67. The van der Waals surface area contributed by atoms with Crippen LogP contribution in [0, 0.1) is 11.3 Å². The van der Waals surface area contributed by atoms with Gasteiger partial charge >= 0.3 is 0 Å². The summed E-state index contributed by atoms with van der Waals surface area (Å²) >= 11 is 11.0. The molecule has 0 spiro atoms. The average molecular weight is 427 g/mol. The normalized spacial score (nSPS) is 15.7. The molecule has 2 atom stereocenters. The molecule has 17 heavy (non-hydrogen) atoms. The summed E-state index contributed by atoms with van der Waals surface area (Å²) in [5, 5.41) is 0. The number of hydrogen-bond donors (Lipinski definition) is 0. The van der Waals surface area contributed by atoms with Crippen LogP contribution < -0.4 is 0 Å². The lowest BCUT2D eigenvalue weighted by Gasteiger charge is -2.29. The summed E-state index contributed by atoms with van der Waals surface area (Å²) in [7, 11) is 0. The van der Waals surface area contributed by atoms with Crippen molar-refractivity contribution in [2.24, 2.45) is 11.3 Å². The highest BCUT2D eigenvalue weighted by Gasteiger charge is 2.24. The minimum Gasteiger partial charge on any atom is -0.0838 e. The van der Waals surface area contributed by atoms with Gasteiger partial charge in [0.05, 0.1) is 0 Å². The van der Waals surface area contributed by atoms with Gasteiger partial charge in [0.1, 0.15) is 0 Å². The van der Waals surface area contributed by atoms with Gasteiger partial charge in [0.2, 0.25) is 0 Å². The fourth-order valence-electron chi connectivity index (χ4n) is 1.55. The quantitative estimate of drug-likeness (QED) is 0.470. The van der Waals surface area contributed by atoms with Crippen molar-refractivity contribution in [3.63, 3.8) is 0 Å². The monoisotopic (exact) mass is 424 g/mol. The molecule has 0 radical (unpaired) electrons. The van der Waals surface area contributed by atoms with Crippen LogP contribution in [0.15, 0.2) is 27.1 Å². The lowest BCUT2D eigenvalue weighted by atomic mass is 9.79. The molecule has 2 unspecified atom stereocenters. The maximum atomic E-state index is 3.81. The molecule has 0 amide bonds. The standard InChI is InChI=1S/C14H19Br3/c1-9(14(2,3)4)7-13(17)11-8-10(15)5-6-12(11)16/h5-6,8-9,13H,7H2,1-4H3. The summed E-state index contributed by atoms with van der Waals surface area (Å²) in [6.07, 6.45) is 1.14. The molecule has 0 saturated heterocycles. The second kappa shape index (κ2) is 6.21. The van der Waals surface area contributed by atoms with Gasteiger partial charge in [-0.1, -0.05) is 75.5 Å². The first-order valence-electron chi connectivity index (χ1n) is 5.81. The first kappa shape index (κ1) is 15.7. The molecule has 0 bridgehead atoms. The number of benzene rings is 1. The molecular formula is C14H19Br3. The van der Waals surface area contributed by atoms with E-state index in [1.54, 1.807) is 0 Å². The molecule has 3 heteroatoms. The minimum atomic E-state index is 0.352. The molecule has 0 aliphatic rings. The second-order valence-corrected chi connectivity index (χ2v) is 8.51. The first-order valence-corrected chi connectivity index (χ1v) is 8.31. The smallest absolute Gasteiger partial charge is 0.0409 e. The Hall–Kier alpha value is 0.660. The van der Waals surface area contributed by atoms with Crippen molar-refractivity contribution in [1.82, 2.24) is 0 Å². The largest absolute Gasteiger partial charge is 0.0838 e. The summed E-state index contributed by atoms with van der Waals surface area (Å²) < 4.78 is 2.30. The van der Waals surface area contributed by atoms with E-state index in [0.717, 1.165) is 10.9 Å². The Labute approximate surface area is 130 Å². The van der Waals surface area contributed by atoms with Crippen LogP contribution in [0.25, 0.3) is 0 Å². The second-order valence-electron chi connectivity index (χ2n) is 5.64. The van der Waals surface area contributed by atoms with E-state index in [0.29, 0.717) is 16.2 Å². The highest BCUT2D eigenvalue weighted by Crippen LogP contribution is 2.40. The Morgan fingerprint density at radius 1 is 1.18 bits per heavy atom. The summed E-state index contributed by atoms with van der Waals surface area (Å²) in [6.45, 7) is 9.22. The van der Waals surface area contributed by atoms with Crippen LogP contribution in [0.2, 0.25) is 0 Å². The van der Waals surface area contributed by atoms with Crippen molar-refractivity contribution in [2.75, 3.05) is 0 Å². The van der Waals surface area contributed by atoms with E-state index in [-0.39, 0.29) is 0 Å². The van der Waals surface area contributed by atoms with Gasteiger partial charge in [0.15, 0.2) is 0 Å². The number of halogens is 3. The van der Waals surface area contributed by atoms with E-state index < -0.39 is 0 Å². The van der Waals surface area contributed by atoms with Crippen molar-refractivity contribution in [2.45, 2.75) is 38.9 Å². The molecule has 0 N–H and O–H groups in total. The van der Waals surface area contributed by atoms with Gasteiger partial charge in [-0.3, -0.25) is 0 Å². The maximum absolute atomic E-state index is 3.81. The molecule has 96 valence electrons. The highest BCUT2D eigenvalue weighted by molar-refractivity contribution is 9.11. The molecule has 1 rings (SSSR count). The number of hydrogen-bond acceptors (Lipinski definition) is 0. The zero-order valence-electron chi connectivity index (χ0n) is 10.7. The van der Waals surface area contributed by atoms with E-state index in [9.17, 15) is 0 Å². The van der Waals surface area contributed by atoms with E-state index in [1.165, 1.54) is 10.0 Å². The first-order chi connectivity index (χ1) is 7.71. The molecular weight excluding hydrogens is 408 g/mol. The molecule has 1 aromatic carbocycles. The third-order valence-corrected chi connectivity index (χ3v) is 5.42. The van der Waals surface area contributed by atoms with Gasteiger partial charge in [-0.25, -0.2) is 0 Å².